The first-order chi connectivity index (χ1) is 24.5. The first-order valence-electron chi connectivity index (χ1n) is 20.7. The number of phenols is 3. The van der Waals surface area contributed by atoms with Crippen LogP contribution in [0.4, 0.5) is 0 Å². The molecule has 0 aliphatic rings. The topological polar surface area (TPSA) is 60.7 Å². The predicted octanol–water partition coefficient (Wildman–Crippen LogP) is 14.7. The fourth-order valence-corrected chi connectivity index (χ4v) is 9.60. The molecule has 3 aromatic carbocycles. The van der Waals surface area contributed by atoms with Gasteiger partial charge >= 0.3 is 0 Å². The molecule has 0 radical (unpaired) electrons. The molecule has 0 heterocycles. The lowest BCUT2D eigenvalue weighted by molar-refractivity contribution is 0.443. The Labute approximate surface area is 329 Å². The van der Waals surface area contributed by atoms with Crippen LogP contribution < -0.4 is 0 Å². The van der Waals surface area contributed by atoms with Gasteiger partial charge in [0.25, 0.3) is 0 Å². The van der Waals surface area contributed by atoms with Gasteiger partial charge in [0.2, 0.25) is 0 Å². The van der Waals surface area contributed by atoms with Gasteiger partial charge in [-0.15, -0.1) is 0 Å². The summed E-state index contributed by atoms with van der Waals surface area (Å²) in [6, 6.07) is 12.7. The minimum absolute atomic E-state index is 0.00472. The van der Waals surface area contributed by atoms with Gasteiger partial charge in [-0.2, -0.15) is 11.8 Å². The maximum atomic E-state index is 11.2. The monoisotopic (exact) mass is 745 g/mol. The predicted molar refractivity (Wildman–Crippen MR) is 233 cm³/mol. The second-order valence-corrected chi connectivity index (χ2v) is 21.0. The van der Waals surface area contributed by atoms with Crippen LogP contribution in [0, 0.1) is 20.8 Å². The first kappa shape index (κ1) is 44.8. The Balaban J connectivity index is 2.18. The zero-order chi connectivity index (χ0) is 39.9. The molecule has 3 aromatic rings. The average Bonchev–Trinajstić information content (AvgIpc) is 3.01. The van der Waals surface area contributed by atoms with Crippen molar-refractivity contribution < 1.29 is 15.3 Å². The van der Waals surface area contributed by atoms with Gasteiger partial charge in [0.1, 0.15) is 17.2 Å². The van der Waals surface area contributed by atoms with Crippen molar-refractivity contribution in [3.63, 3.8) is 0 Å². The van der Waals surface area contributed by atoms with Crippen LogP contribution in [-0.2, 0) is 21.0 Å². The molecule has 296 valence electrons. The molecule has 3 nitrogen and oxygen atoms in total. The van der Waals surface area contributed by atoms with E-state index in [4.69, 9.17) is 0 Å². The summed E-state index contributed by atoms with van der Waals surface area (Å²) in [5.41, 5.74) is 9.18. The second kappa shape index (κ2) is 18.4. The molecule has 0 spiro atoms. The van der Waals surface area contributed by atoms with Crippen molar-refractivity contribution in [2.75, 3.05) is 5.75 Å². The smallest absolute Gasteiger partial charge is 0.119 e. The van der Waals surface area contributed by atoms with Crippen molar-refractivity contribution in [3.05, 3.63) is 86.5 Å². The Morgan fingerprint density at radius 3 is 1.23 bits per heavy atom. The van der Waals surface area contributed by atoms with E-state index in [1.54, 1.807) is 0 Å². The van der Waals surface area contributed by atoms with Crippen molar-refractivity contribution in [2.45, 2.75) is 194 Å². The summed E-state index contributed by atoms with van der Waals surface area (Å²) in [5.74, 6) is 2.12. The number of unbranched alkanes of at least 4 members (excludes halogenated alkanes) is 9. The second-order valence-electron chi connectivity index (χ2n) is 19.4. The summed E-state index contributed by atoms with van der Waals surface area (Å²) in [5, 5.41) is 33.7. The minimum Gasteiger partial charge on any atom is -0.508 e. The number of thioether (sulfide) groups is 1. The van der Waals surface area contributed by atoms with Gasteiger partial charge in [-0.05, 0) is 137 Å². The van der Waals surface area contributed by atoms with Crippen LogP contribution >= 0.6 is 11.8 Å². The zero-order valence-corrected chi connectivity index (χ0v) is 37.1. The summed E-state index contributed by atoms with van der Waals surface area (Å²) in [6.45, 7) is 30.7. The van der Waals surface area contributed by atoms with E-state index < -0.39 is 0 Å². The van der Waals surface area contributed by atoms with E-state index >= 15 is 0 Å². The molecule has 0 bridgehead atoms. The standard InChI is InChI=1S/C49H76O3S/c1-15-16-17-18-19-20-21-22-23-24-25-53-49(14,39-31-42(48(11,12)13)45(52)28-35(39)4)32-38(36-29-40(46(5,6)7)43(50)26-33(36)2)37-30-41(47(8,9)10)44(51)27-34(37)3/h26-31,38,50-52H,15-25,32H2,1-14H3. The lowest BCUT2D eigenvalue weighted by Crippen LogP contribution is -2.26. The molecule has 1 unspecified atom stereocenters. The van der Waals surface area contributed by atoms with Crippen molar-refractivity contribution in [1.82, 2.24) is 0 Å². The number of benzene rings is 3. The minimum atomic E-state index is -0.291. The van der Waals surface area contributed by atoms with Crippen LogP contribution in [0.5, 0.6) is 17.2 Å². The molecule has 4 heteroatoms. The van der Waals surface area contributed by atoms with Gasteiger partial charge in [0, 0.05) is 10.7 Å². The fraction of sp³-hybridized carbons (Fsp3) is 0.633. The van der Waals surface area contributed by atoms with Crippen molar-refractivity contribution >= 4 is 11.8 Å². The quantitative estimate of drug-likeness (QED) is 0.120. The van der Waals surface area contributed by atoms with Crippen LogP contribution in [0.1, 0.15) is 203 Å². The third-order valence-electron chi connectivity index (χ3n) is 11.4. The summed E-state index contributed by atoms with van der Waals surface area (Å²) < 4.78 is -0.291. The summed E-state index contributed by atoms with van der Waals surface area (Å²) >= 11 is 2.07. The molecule has 0 aliphatic heterocycles. The van der Waals surface area contributed by atoms with Crippen LogP contribution in [0.3, 0.4) is 0 Å². The highest BCUT2D eigenvalue weighted by molar-refractivity contribution is 8.00. The number of hydrogen-bond donors (Lipinski definition) is 3. The van der Waals surface area contributed by atoms with Crippen molar-refractivity contribution in [3.8, 4) is 17.2 Å². The van der Waals surface area contributed by atoms with Gasteiger partial charge in [-0.1, -0.05) is 139 Å². The summed E-state index contributed by atoms with van der Waals surface area (Å²) in [6.07, 6.45) is 14.0. The van der Waals surface area contributed by atoms with Crippen molar-refractivity contribution in [1.29, 1.82) is 0 Å². The molecular formula is C49H76O3S. The number of rotatable bonds is 17. The third kappa shape index (κ3) is 11.9. The fourth-order valence-electron chi connectivity index (χ4n) is 8.14. The Morgan fingerprint density at radius 2 is 0.830 bits per heavy atom. The molecule has 3 N–H and O–H groups in total. The lowest BCUT2D eigenvalue weighted by atomic mass is 9.73. The zero-order valence-electron chi connectivity index (χ0n) is 36.3. The van der Waals surface area contributed by atoms with Crippen molar-refractivity contribution in [2.24, 2.45) is 0 Å². The Kier molecular flexibility index (Phi) is 15.5. The van der Waals surface area contributed by atoms with Crippen LogP contribution in [-0.4, -0.2) is 21.1 Å². The maximum absolute atomic E-state index is 11.2. The summed E-state index contributed by atoms with van der Waals surface area (Å²) in [7, 11) is 0. The molecule has 1 atom stereocenters. The Morgan fingerprint density at radius 1 is 0.472 bits per heavy atom. The molecule has 0 saturated carbocycles. The number of phenolic OH excluding ortho intramolecular Hbond substituents is 3. The highest BCUT2D eigenvalue weighted by atomic mass is 32.2. The van der Waals surface area contributed by atoms with Gasteiger partial charge < -0.3 is 15.3 Å². The molecule has 0 aromatic heterocycles. The number of aryl methyl sites for hydroxylation is 3. The van der Waals surface area contributed by atoms with Gasteiger partial charge in [0.15, 0.2) is 0 Å². The maximum Gasteiger partial charge on any atom is 0.119 e. The average molecular weight is 745 g/mol. The number of hydrogen-bond acceptors (Lipinski definition) is 4. The normalized spacial score (nSPS) is 13.9. The van der Waals surface area contributed by atoms with E-state index in [9.17, 15) is 15.3 Å². The Bertz CT molecular complexity index is 1580. The van der Waals surface area contributed by atoms with E-state index in [1.807, 2.05) is 18.2 Å². The Hall–Kier alpha value is -2.59. The van der Waals surface area contributed by atoms with E-state index in [2.05, 4.69) is 127 Å². The molecule has 0 amide bonds. The SMILES string of the molecule is CCCCCCCCCCCCSC(C)(CC(c1cc(C(C)(C)C)c(O)cc1C)c1cc(C(C)(C)C)c(O)cc1C)c1cc(C(C)(C)C)c(O)cc1C. The highest BCUT2D eigenvalue weighted by Crippen LogP contribution is 2.51. The largest absolute Gasteiger partial charge is 0.508 e. The molecule has 3 rings (SSSR count). The molecule has 0 fully saturated rings. The van der Waals surface area contributed by atoms with Crippen LogP contribution in [0.25, 0.3) is 0 Å². The first-order valence-corrected chi connectivity index (χ1v) is 21.7. The lowest BCUT2D eigenvalue weighted by Gasteiger charge is -2.38. The van der Waals surface area contributed by atoms with Crippen LogP contribution in [0.15, 0.2) is 36.4 Å². The van der Waals surface area contributed by atoms with Gasteiger partial charge in [-0.25, -0.2) is 0 Å². The molecular weight excluding hydrogens is 669 g/mol. The highest BCUT2D eigenvalue weighted by Gasteiger charge is 2.37. The third-order valence-corrected chi connectivity index (χ3v) is 12.9. The van der Waals surface area contributed by atoms with Gasteiger partial charge in [0.05, 0.1) is 0 Å². The van der Waals surface area contributed by atoms with Gasteiger partial charge in [-0.3, -0.25) is 0 Å². The molecule has 53 heavy (non-hydrogen) atoms. The summed E-state index contributed by atoms with van der Waals surface area (Å²) in [4.78, 5) is 0. The van der Waals surface area contributed by atoms with Crippen LogP contribution in [0.2, 0.25) is 0 Å². The van der Waals surface area contributed by atoms with E-state index in [-0.39, 0.29) is 26.9 Å². The molecule has 0 aliphatic carbocycles. The number of aromatic hydroxyl groups is 3. The van der Waals surface area contributed by atoms with E-state index in [0.717, 1.165) is 45.6 Å². The van der Waals surface area contributed by atoms with E-state index in [1.165, 1.54) is 80.9 Å². The molecule has 0 saturated heterocycles. The van der Waals surface area contributed by atoms with E-state index in [0.29, 0.717) is 17.2 Å².